The minimum absolute atomic E-state index is 0.194. The Bertz CT molecular complexity index is 498. The van der Waals surface area contributed by atoms with Crippen molar-refractivity contribution in [1.29, 1.82) is 0 Å². The smallest absolute Gasteiger partial charge is 0.165 e. The van der Waals surface area contributed by atoms with Gasteiger partial charge in [0.15, 0.2) is 11.6 Å². The van der Waals surface area contributed by atoms with Crippen LogP contribution in [0.5, 0.6) is 5.75 Å². The van der Waals surface area contributed by atoms with Crippen molar-refractivity contribution in [2.45, 2.75) is 19.6 Å². The van der Waals surface area contributed by atoms with Crippen LogP contribution in [0.3, 0.4) is 0 Å². The molecule has 96 valence electrons. The Balaban J connectivity index is 1.93. The number of aliphatic hydroxyl groups is 1. The van der Waals surface area contributed by atoms with Gasteiger partial charge < -0.3 is 14.4 Å². The Morgan fingerprint density at radius 2 is 2.33 bits per heavy atom. The maximum atomic E-state index is 13.6. The second kappa shape index (κ2) is 5.64. The lowest BCUT2D eigenvalue weighted by Crippen LogP contribution is -2.07. The Morgan fingerprint density at radius 3 is 2.94 bits per heavy atom. The van der Waals surface area contributed by atoms with Gasteiger partial charge in [0.05, 0.1) is 19.0 Å². The minimum Gasteiger partial charge on any atom is -0.489 e. The molecule has 4 nitrogen and oxygen atoms in total. The van der Waals surface area contributed by atoms with Crippen molar-refractivity contribution in [3.63, 3.8) is 0 Å². The van der Waals surface area contributed by atoms with Gasteiger partial charge in [0.25, 0.3) is 0 Å². The predicted octanol–water partition coefficient (Wildman–Crippen LogP) is 2.15. The topological polar surface area (TPSA) is 47.3 Å². The third-order valence-electron chi connectivity index (χ3n) is 2.60. The summed E-state index contributed by atoms with van der Waals surface area (Å²) >= 11 is 0. The Kier molecular flexibility index (Phi) is 3.94. The predicted molar refractivity (Wildman–Crippen MR) is 64.8 cm³/mol. The first kappa shape index (κ1) is 12.6. The molecule has 1 aromatic carbocycles. The molecule has 18 heavy (non-hydrogen) atoms. The van der Waals surface area contributed by atoms with Crippen LogP contribution < -0.4 is 4.74 Å². The molecule has 1 atom stereocenters. The van der Waals surface area contributed by atoms with Gasteiger partial charge in [0, 0.05) is 12.4 Å². The average molecular weight is 250 g/mol. The Labute approximate surface area is 105 Å². The van der Waals surface area contributed by atoms with Gasteiger partial charge in [-0.3, -0.25) is 0 Å². The molecular weight excluding hydrogens is 235 g/mol. The van der Waals surface area contributed by atoms with Gasteiger partial charge in [-0.2, -0.15) is 0 Å². The fourth-order valence-electron chi connectivity index (χ4n) is 1.57. The number of nitrogens with zero attached hydrogens (tertiary/aromatic N) is 2. The molecule has 1 N–H and O–H groups in total. The lowest BCUT2D eigenvalue weighted by atomic mass is 10.1. The number of imidazole rings is 1. The van der Waals surface area contributed by atoms with Crippen molar-refractivity contribution >= 4 is 0 Å². The van der Waals surface area contributed by atoms with E-state index < -0.39 is 11.9 Å². The quantitative estimate of drug-likeness (QED) is 0.884. The molecule has 0 aliphatic rings. The summed E-state index contributed by atoms with van der Waals surface area (Å²) in [5.41, 5.74) is 0.537. The van der Waals surface area contributed by atoms with E-state index in [1.807, 2.05) is 10.8 Å². The molecule has 0 bridgehead atoms. The van der Waals surface area contributed by atoms with Gasteiger partial charge in [-0.25, -0.2) is 9.37 Å². The minimum atomic E-state index is -0.681. The highest BCUT2D eigenvalue weighted by atomic mass is 19.1. The third-order valence-corrected chi connectivity index (χ3v) is 2.60. The zero-order valence-corrected chi connectivity index (χ0v) is 10.1. The van der Waals surface area contributed by atoms with E-state index in [-0.39, 0.29) is 5.75 Å². The van der Waals surface area contributed by atoms with E-state index in [1.165, 1.54) is 12.1 Å². The van der Waals surface area contributed by atoms with E-state index >= 15 is 0 Å². The maximum absolute atomic E-state index is 13.6. The second-order valence-electron chi connectivity index (χ2n) is 4.01. The highest BCUT2D eigenvalue weighted by molar-refractivity contribution is 5.30. The fraction of sp³-hybridized carbons (Fsp3) is 0.308. The van der Waals surface area contributed by atoms with Gasteiger partial charge in [-0.05, 0) is 24.6 Å². The van der Waals surface area contributed by atoms with Crippen LogP contribution in [-0.4, -0.2) is 21.3 Å². The van der Waals surface area contributed by atoms with Crippen LogP contribution >= 0.6 is 0 Å². The van der Waals surface area contributed by atoms with Gasteiger partial charge in [0.1, 0.15) is 6.61 Å². The molecule has 0 aliphatic carbocycles. The van der Waals surface area contributed by atoms with E-state index in [2.05, 4.69) is 4.98 Å². The number of rotatable bonds is 5. The number of ether oxygens (including phenoxy) is 1. The van der Waals surface area contributed by atoms with Gasteiger partial charge in [-0.1, -0.05) is 6.07 Å². The van der Waals surface area contributed by atoms with E-state index in [0.29, 0.717) is 18.7 Å². The summed E-state index contributed by atoms with van der Waals surface area (Å²) in [6, 6.07) is 4.48. The van der Waals surface area contributed by atoms with Gasteiger partial charge in [-0.15, -0.1) is 0 Å². The molecule has 2 rings (SSSR count). The molecule has 0 amide bonds. The van der Waals surface area contributed by atoms with E-state index in [0.717, 1.165) is 0 Å². The lowest BCUT2D eigenvalue weighted by molar-refractivity contribution is 0.198. The van der Waals surface area contributed by atoms with Crippen LogP contribution in [0.1, 0.15) is 18.6 Å². The first-order chi connectivity index (χ1) is 8.66. The summed E-state index contributed by atoms with van der Waals surface area (Å²) < 4.78 is 20.8. The molecule has 0 radical (unpaired) electrons. The first-order valence-corrected chi connectivity index (χ1v) is 5.73. The Morgan fingerprint density at radius 1 is 1.50 bits per heavy atom. The van der Waals surface area contributed by atoms with Crippen molar-refractivity contribution < 1.29 is 14.2 Å². The summed E-state index contributed by atoms with van der Waals surface area (Å²) in [6.45, 7) is 2.56. The number of halogens is 1. The molecule has 5 heteroatoms. The van der Waals surface area contributed by atoms with Crippen LogP contribution in [0.4, 0.5) is 4.39 Å². The summed E-state index contributed by atoms with van der Waals surface area (Å²) in [7, 11) is 0. The number of hydrogen-bond donors (Lipinski definition) is 1. The third kappa shape index (κ3) is 3.07. The SMILES string of the molecule is CC(O)c1ccc(OCCn2ccnc2)c(F)c1. The van der Waals surface area contributed by atoms with Crippen LogP contribution in [0.25, 0.3) is 0 Å². The molecule has 2 aromatic rings. The van der Waals surface area contributed by atoms with E-state index in [1.54, 1.807) is 25.5 Å². The molecular formula is C13H15FN2O2. The molecule has 0 saturated heterocycles. The molecule has 0 fully saturated rings. The van der Waals surface area contributed by atoms with Crippen LogP contribution in [0.15, 0.2) is 36.9 Å². The van der Waals surface area contributed by atoms with E-state index in [4.69, 9.17) is 4.74 Å². The lowest BCUT2D eigenvalue weighted by Gasteiger charge is -2.10. The zero-order valence-electron chi connectivity index (χ0n) is 10.1. The normalized spacial score (nSPS) is 12.4. The van der Waals surface area contributed by atoms with Crippen molar-refractivity contribution in [3.8, 4) is 5.75 Å². The number of aliphatic hydroxyl groups excluding tert-OH is 1. The number of aromatic nitrogens is 2. The number of benzene rings is 1. The van der Waals surface area contributed by atoms with Crippen molar-refractivity contribution in [2.24, 2.45) is 0 Å². The maximum Gasteiger partial charge on any atom is 0.165 e. The molecule has 1 aromatic heterocycles. The molecule has 0 saturated carbocycles. The Hall–Kier alpha value is -1.88. The number of hydrogen-bond acceptors (Lipinski definition) is 3. The summed E-state index contributed by atoms with van der Waals surface area (Å²) in [6.07, 6.45) is 4.49. The first-order valence-electron chi connectivity index (χ1n) is 5.73. The average Bonchev–Trinajstić information content (AvgIpc) is 2.84. The monoisotopic (exact) mass is 250 g/mol. The zero-order chi connectivity index (χ0) is 13.0. The summed E-state index contributed by atoms with van der Waals surface area (Å²) in [4.78, 5) is 3.90. The molecule has 0 spiro atoms. The van der Waals surface area contributed by atoms with Crippen LogP contribution in [-0.2, 0) is 6.54 Å². The van der Waals surface area contributed by atoms with Crippen molar-refractivity contribution in [1.82, 2.24) is 9.55 Å². The molecule has 1 unspecified atom stereocenters. The van der Waals surface area contributed by atoms with Crippen LogP contribution in [0.2, 0.25) is 0 Å². The molecule has 0 aliphatic heterocycles. The summed E-state index contributed by atoms with van der Waals surface area (Å²) in [5.74, 6) is -0.265. The van der Waals surface area contributed by atoms with Crippen molar-refractivity contribution in [3.05, 3.63) is 48.3 Å². The van der Waals surface area contributed by atoms with Crippen molar-refractivity contribution in [2.75, 3.05) is 6.61 Å². The van der Waals surface area contributed by atoms with Crippen LogP contribution in [0, 0.1) is 5.82 Å². The van der Waals surface area contributed by atoms with Gasteiger partial charge >= 0.3 is 0 Å². The highest BCUT2D eigenvalue weighted by Gasteiger charge is 2.07. The second-order valence-corrected chi connectivity index (χ2v) is 4.01. The van der Waals surface area contributed by atoms with E-state index in [9.17, 15) is 9.50 Å². The molecule has 1 heterocycles. The summed E-state index contributed by atoms with van der Waals surface area (Å²) in [5, 5.41) is 9.32. The van der Waals surface area contributed by atoms with Gasteiger partial charge in [0.2, 0.25) is 0 Å². The largest absolute Gasteiger partial charge is 0.489 e. The standard InChI is InChI=1S/C13H15FN2O2/c1-10(17)11-2-3-13(12(14)8-11)18-7-6-16-5-4-15-9-16/h2-5,8-10,17H,6-7H2,1H3. The fourth-order valence-corrected chi connectivity index (χ4v) is 1.57. The highest BCUT2D eigenvalue weighted by Crippen LogP contribution is 2.21.